The molecule has 0 aromatic heterocycles. The topological polar surface area (TPSA) is 26.3 Å². The molecule has 0 aromatic carbocycles. The fraction of sp³-hybridized carbons (Fsp3) is 0.917. The molecule has 0 N–H and O–H groups in total. The second-order valence-electron chi connectivity index (χ2n) is 5.63. The van der Waals surface area contributed by atoms with Gasteiger partial charge < -0.3 is 4.43 Å². The van der Waals surface area contributed by atoms with Crippen LogP contribution in [0.1, 0.15) is 44.9 Å². The van der Waals surface area contributed by atoms with Gasteiger partial charge in [0.15, 0.2) is 0 Å². The maximum absolute atomic E-state index is 11.5. The summed E-state index contributed by atoms with van der Waals surface area (Å²) in [6.07, 6.45) is 8.41. The van der Waals surface area contributed by atoms with Gasteiger partial charge >= 0.3 is 0 Å². The van der Waals surface area contributed by atoms with Crippen LogP contribution in [0.25, 0.3) is 0 Å². The van der Waals surface area contributed by atoms with E-state index in [4.69, 9.17) is 4.43 Å². The van der Waals surface area contributed by atoms with Crippen LogP contribution in [-0.2, 0) is 9.22 Å². The molecule has 0 spiro atoms. The fourth-order valence-corrected chi connectivity index (χ4v) is 2.98. The minimum atomic E-state index is -1.66. The predicted octanol–water partition coefficient (Wildman–Crippen LogP) is 3.73. The Morgan fingerprint density at radius 3 is 2.33 bits per heavy atom. The average molecular weight is 228 g/mol. The van der Waals surface area contributed by atoms with Crippen molar-refractivity contribution in [3.8, 4) is 0 Å². The third-order valence-electron chi connectivity index (χ3n) is 2.90. The van der Waals surface area contributed by atoms with Crippen molar-refractivity contribution in [3.63, 3.8) is 0 Å². The molecule has 0 saturated heterocycles. The molecule has 3 heteroatoms. The van der Waals surface area contributed by atoms with Crippen molar-refractivity contribution in [2.24, 2.45) is 5.92 Å². The van der Waals surface area contributed by atoms with Gasteiger partial charge in [0.25, 0.3) is 5.97 Å². The Labute approximate surface area is 94.5 Å². The van der Waals surface area contributed by atoms with Gasteiger partial charge in [-0.2, -0.15) is 0 Å². The van der Waals surface area contributed by atoms with Gasteiger partial charge in [-0.05, 0) is 32.0 Å². The zero-order chi connectivity index (χ0) is 11.3. The molecule has 1 aliphatic rings. The average Bonchev–Trinajstić information content (AvgIpc) is 2.14. The summed E-state index contributed by atoms with van der Waals surface area (Å²) < 4.78 is 5.43. The first-order chi connectivity index (χ1) is 6.97. The summed E-state index contributed by atoms with van der Waals surface area (Å²) in [4.78, 5) is 11.5. The number of carbonyl (C=O) groups excluding carboxylic acids is 1. The van der Waals surface area contributed by atoms with Crippen molar-refractivity contribution < 1.29 is 9.22 Å². The number of hydrogen-bond acceptors (Lipinski definition) is 2. The minimum Gasteiger partial charge on any atom is -0.520 e. The highest BCUT2D eigenvalue weighted by molar-refractivity contribution is 6.71. The smallest absolute Gasteiger partial charge is 0.292 e. The maximum Gasteiger partial charge on any atom is 0.292 e. The molecule has 0 atom stereocenters. The summed E-state index contributed by atoms with van der Waals surface area (Å²) >= 11 is 0. The maximum atomic E-state index is 11.5. The zero-order valence-corrected chi connectivity index (χ0v) is 11.3. The number of hydrogen-bond donors (Lipinski definition) is 0. The highest BCUT2D eigenvalue weighted by atomic mass is 28.4. The van der Waals surface area contributed by atoms with Crippen molar-refractivity contribution in [1.82, 2.24) is 0 Å². The van der Waals surface area contributed by atoms with Gasteiger partial charge in [-0.3, -0.25) is 4.79 Å². The molecular formula is C12H24O2Si. The lowest BCUT2D eigenvalue weighted by atomic mass is 9.86. The molecule has 0 aromatic rings. The van der Waals surface area contributed by atoms with Crippen LogP contribution in [0.4, 0.5) is 0 Å². The van der Waals surface area contributed by atoms with Crippen molar-refractivity contribution in [1.29, 1.82) is 0 Å². The Bertz CT molecular complexity index is 202. The van der Waals surface area contributed by atoms with Gasteiger partial charge in [0.05, 0.1) is 0 Å². The Balaban J connectivity index is 2.15. The lowest BCUT2D eigenvalue weighted by molar-refractivity contribution is -0.135. The highest BCUT2D eigenvalue weighted by Gasteiger charge is 2.21. The van der Waals surface area contributed by atoms with Crippen LogP contribution in [0.3, 0.4) is 0 Å². The van der Waals surface area contributed by atoms with E-state index < -0.39 is 8.32 Å². The van der Waals surface area contributed by atoms with Crippen LogP contribution < -0.4 is 0 Å². The van der Waals surface area contributed by atoms with Gasteiger partial charge in [-0.1, -0.05) is 32.1 Å². The van der Waals surface area contributed by atoms with Crippen LogP contribution in [0.15, 0.2) is 0 Å². The largest absolute Gasteiger partial charge is 0.520 e. The first-order valence-corrected chi connectivity index (χ1v) is 9.60. The van der Waals surface area contributed by atoms with Gasteiger partial charge in [-0.25, -0.2) is 0 Å². The monoisotopic (exact) mass is 228 g/mol. The quantitative estimate of drug-likeness (QED) is 0.685. The molecule has 88 valence electrons. The predicted molar refractivity (Wildman–Crippen MR) is 65.2 cm³/mol. The van der Waals surface area contributed by atoms with Crippen LogP contribution in [0.2, 0.25) is 19.6 Å². The van der Waals surface area contributed by atoms with Gasteiger partial charge in [0.1, 0.15) is 0 Å². The summed E-state index contributed by atoms with van der Waals surface area (Å²) in [5.74, 6) is 0.813. The van der Waals surface area contributed by atoms with Gasteiger partial charge in [0.2, 0.25) is 8.32 Å². The molecule has 1 rings (SSSR count). The summed E-state index contributed by atoms with van der Waals surface area (Å²) in [5, 5.41) is 0. The highest BCUT2D eigenvalue weighted by Crippen LogP contribution is 2.27. The number of carbonyl (C=O) groups is 1. The van der Waals surface area contributed by atoms with Crippen LogP contribution in [-0.4, -0.2) is 14.3 Å². The normalized spacial score (nSPS) is 18.9. The Hall–Kier alpha value is -0.313. The van der Waals surface area contributed by atoms with E-state index in [2.05, 4.69) is 19.6 Å². The molecule has 0 bridgehead atoms. The molecule has 1 aliphatic carbocycles. The molecule has 0 heterocycles. The van der Waals surface area contributed by atoms with Crippen LogP contribution in [0.5, 0.6) is 0 Å². The minimum absolute atomic E-state index is 0.0275. The third kappa shape index (κ3) is 5.98. The van der Waals surface area contributed by atoms with E-state index in [1.165, 1.54) is 32.1 Å². The lowest BCUT2D eigenvalue weighted by Gasteiger charge is -2.22. The molecule has 0 amide bonds. The van der Waals surface area contributed by atoms with E-state index >= 15 is 0 Å². The van der Waals surface area contributed by atoms with Crippen LogP contribution in [0, 0.1) is 5.92 Å². The van der Waals surface area contributed by atoms with Crippen LogP contribution >= 0.6 is 0 Å². The van der Waals surface area contributed by atoms with E-state index in [1.54, 1.807) is 0 Å². The fourth-order valence-electron chi connectivity index (χ4n) is 2.19. The second-order valence-corrected chi connectivity index (χ2v) is 10.1. The van der Waals surface area contributed by atoms with E-state index in [0.717, 1.165) is 12.3 Å². The van der Waals surface area contributed by atoms with E-state index in [1.807, 2.05) is 0 Å². The first kappa shape index (κ1) is 12.8. The van der Waals surface area contributed by atoms with Gasteiger partial charge in [-0.15, -0.1) is 0 Å². The van der Waals surface area contributed by atoms with Crippen molar-refractivity contribution in [2.45, 2.75) is 64.6 Å². The molecule has 1 saturated carbocycles. The Morgan fingerprint density at radius 1 is 1.20 bits per heavy atom. The number of rotatable bonds is 4. The third-order valence-corrected chi connectivity index (χ3v) is 3.74. The molecule has 1 fully saturated rings. The standard InChI is InChI=1S/C12H24O2Si/c1-15(2,3)14-12(13)10-9-11-7-5-4-6-8-11/h11H,4-10H2,1-3H3. The summed E-state index contributed by atoms with van der Waals surface area (Å²) in [6.45, 7) is 6.18. The summed E-state index contributed by atoms with van der Waals surface area (Å²) in [7, 11) is -1.66. The molecule has 2 nitrogen and oxygen atoms in total. The SMILES string of the molecule is C[Si](C)(C)OC(=O)CCC1CCCCC1. The van der Waals surface area contributed by atoms with E-state index in [-0.39, 0.29) is 5.97 Å². The molecule has 0 aliphatic heterocycles. The molecule has 0 unspecified atom stereocenters. The van der Waals surface area contributed by atoms with Crippen molar-refractivity contribution in [2.75, 3.05) is 0 Å². The molecular weight excluding hydrogens is 204 g/mol. The first-order valence-electron chi connectivity index (χ1n) is 6.19. The lowest BCUT2D eigenvalue weighted by Crippen LogP contribution is -2.29. The Morgan fingerprint density at radius 2 is 1.80 bits per heavy atom. The van der Waals surface area contributed by atoms with Crippen molar-refractivity contribution >= 4 is 14.3 Å². The zero-order valence-electron chi connectivity index (χ0n) is 10.3. The molecule has 0 radical (unpaired) electrons. The van der Waals surface area contributed by atoms with E-state index in [0.29, 0.717) is 6.42 Å². The Kier molecular flexibility index (Phi) is 4.83. The second kappa shape index (κ2) is 5.68. The molecule has 15 heavy (non-hydrogen) atoms. The van der Waals surface area contributed by atoms with Crippen molar-refractivity contribution in [3.05, 3.63) is 0 Å². The van der Waals surface area contributed by atoms with Gasteiger partial charge in [0, 0.05) is 6.42 Å². The van der Waals surface area contributed by atoms with E-state index in [9.17, 15) is 4.79 Å². The summed E-state index contributed by atoms with van der Waals surface area (Å²) in [5.41, 5.74) is 0. The summed E-state index contributed by atoms with van der Waals surface area (Å²) in [6, 6.07) is 0.